The summed E-state index contributed by atoms with van der Waals surface area (Å²) in [5, 5.41) is 3.43. The van der Waals surface area contributed by atoms with Crippen LogP contribution in [0.25, 0.3) is 0 Å². The molecule has 1 saturated carbocycles. The zero-order chi connectivity index (χ0) is 13.5. The topological polar surface area (TPSA) is 21.3 Å². The van der Waals surface area contributed by atoms with Crippen LogP contribution in [0.3, 0.4) is 0 Å². The van der Waals surface area contributed by atoms with E-state index in [1.807, 2.05) is 0 Å². The fourth-order valence-electron chi connectivity index (χ4n) is 3.67. The second-order valence-electron chi connectivity index (χ2n) is 6.37. The van der Waals surface area contributed by atoms with Gasteiger partial charge in [0.2, 0.25) is 0 Å². The maximum absolute atomic E-state index is 5.86. The molecule has 1 aliphatic heterocycles. The molecule has 3 heteroatoms. The van der Waals surface area contributed by atoms with Crippen molar-refractivity contribution in [2.24, 2.45) is 5.41 Å². The van der Waals surface area contributed by atoms with Crippen molar-refractivity contribution in [3.05, 3.63) is 27.7 Å². The van der Waals surface area contributed by atoms with Crippen LogP contribution in [0.1, 0.15) is 37.3 Å². The highest BCUT2D eigenvalue weighted by Gasteiger charge is 2.35. The van der Waals surface area contributed by atoms with Crippen molar-refractivity contribution >= 4 is 15.9 Å². The number of halogens is 1. The van der Waals surface area contributed by atoms with Crippen molar-refractivity contribution in [2.75, 3.05) is 13.7 Å². The van der Waals surface area contributed by atoms with E-state index in [4.69, 9.17) is 4.74 Å². The average molecular weight is 324 g/mol. The van der Waals surface area contributed by atoms with Crippen molar-refractivity contribution in [3.63, 3.8) is 0 Å². The molecule has 0 radical (unpaired) electrons. The Bertz CT molecular complexity index is 488. The second kappa shape index (κ2) is 5.10. The zero-order valence-corrected chi connectivity index (χ0v) is 13.3. The predicted molar refractivity (Wildman–Crippen MR) is 81.9 cm³/mol. The third kappa shape index (κ3) is 2.68. The average Bonchev–Trinajstić information content (AvgIpc) is 2.95. The number of rotatable bonds is 3. The van der Waals surface area contributed by atoms with Gasteiger partial charge in [-0.3, -0.25) is 0 Å². The molecule has 1 aromatic rings. The van der Waals surface area contributed by atoms with Crippen LogP contribution >= 0.6 is 15.9 Å². The Hall–Kier alpha value is -0.540. The minimum absolute atomic E-state index is 0.411. The Kier molecular flexibility index (Phi) is 3.61. The van der Waals surface area contributed by atoms with Crippen LogP contribution in [0.2, 0.25) is 0 Å². The van der Waals surface area contributed by atoms with Gasteiger partial charge in [-0.15, -0.1) is 0 Å². The molecule has 0 aromatic heterocycles. The van der Waals surface area contributed by atoms with Crippen LogP contribution in [-0.4, -0.2) is 19.7 Å². The molecular formula is C16H22BrNO. The first-order valence-corrected chi connectivity index (χ1v) is 8.00. The first kappa shape index (κ1) is 13.4. The Balaban J connectivity index is 1.84. The number of nitrogens with one attached hydrogen (secondary N) is 1. The van der Waals surface area contributed by atoms with Gasteiger partial charge in [-0.1, -0.05) is 22.9 Å². The summed E-state index contributed by atoms with van der Waals surface area (Å²) in [7, 11) is 2.08. The Morgan fingerprint density at radius 1 is 1.47 bits per heavy atom. The maximum Gasteiger partial charge on any atom is 0.125 e. The van der Waals surface area contributed by atoms with E-state index in [1.54, 1.807) is 0 Å². The molecule has 1 heterocycles. The van der Waals surface area contributed by atoms with E-state index in [1.165, 1.54) is 34.9 Å². The van der Waals surface area contributed by atoms with E-state index in [-0.39, 0.29) is 0 Å². The van der Waals surface area contributed by atoms with Crippen molar-refractivity contribution in [3.8, 4) is 5.75 Å². The van der Waals surface area contributed by atoms with Gasteiger partial charge in [0.05, 0.1) is 6.61 Å². The molecule has 2 aliphatic rings. The highest BCUT2D eigenvalue weighted by atomic mass is 79.9. The molecule has 104 valence electrons. The van der Waals surface area contributed by atoms with E-state index in [0.717, 1.165) is 25.2 Å². The third-order valence-electron chi connectivity index (χ3n) is 4.69. The van der Waals surface area contributed by atoms with Crippen LogP contribution in [0.4, 0.5) is 0 Å². The van der Waals surface area contributed by atoms with Gasteiger partial charge >= 0.3 is 0 Å². The fraction of sp³-hybridized carbons (Fsp3) is 0.625. The van der Waals surface area contributed by atoms with Gasteiger partial charge in [0.1, 0.15) is 5.75 Å². The van der Waals surface area contributed by atoms with Crippen molar-refractivity contribution in [1.82, 2.24) is 5.32 Å². The summed E-state index contributed by atoms with van der Waals surface area (Å²) in [6.07, 6.45) is 6.05. The summed E-state index contributed by atoms with van der Waals surface area (Å²) >= 11 is 3.64. The molecule has 1 aromatic carbocycles. The summed E-state index contributed by atoms with van der Waals surface area (Å²) < 4.78 is 7.05. The van der Waals surface area contributed by atoms with Gasteiger partial charge in [0.15, 0.2) is 0 Å². The molecule has 3 rings (SSSR count). The summed E-state index contributed by atoms with van der Waals surface area (Å²) in [4.78, 5) is 0. The lowest BCUT2D eigenvalue weighted by atomic mass is 9.81. The molecule has 2 nitrogen and oxygen atoms in total. The standard InChI is InChI=1S/C16H22BrNO/c1-16(5-3-14(10-16)18-2)9-12-8-13(17)7-11-4-6-19-15(11)12/h7-8,14,18H,3-6,9-10H2,1-2H3. The van der Waals surface area contributed by atoms with E-state index in [2.05, 4.69) is 47.4 Å². The van der Waals surface area contributed by atoms with Crippen molar-refractivity contribution in [2.45, 2.75) is 45.1 Å². The molecule has 1 aliphatic carbocycles. The fourth-order valence-corrected chi connectivity index (χ4v) is 4.22. The highest BCUT2D eigenvalue weighted by Crippen LogP contribution is 2.44. The second-order valence-corrected chi connectivity index (χ2v) is 7.28. The zero-order valence-electron chi connectivity index (χ0n) is 11.8. The largest absolute Gasteiger partial charge is 0.493 e. The predicted octanol–water partition coefficient (Wildman–Crippen LogP) is 3.70. The van der Waals surface area contributed by atoms with Crippen LogP contribution < -0.4 is 10.1 Å². The molecule has 0 spiro atoms. The van der Waals surface area contributed by atoms with Gasteiger partial charge in [0.25, 0.3) is 0 Å². The molecule has 0 saturated heterocycles. The number of ether oxygens (including phenoxy) is 1. The third-order valence-corrected chi connectivity index (χ3v) is 5.14. The first-order valence-electron chi connectivity index (χ1n) is 7.21. The smallest absolute Gasteiger partial charge is 0.125 e. The Labute approximate surface area is 124 Å². The molecule has 0 bridgehead atoms. The SMILES string of the molecule is CNC1CCC(C)(Cc2cc(Br)cc3c2OCC3)C1. The molecule has 1 N–H and O–H groups in total. The lowest BCUT2D eigenvalue weighted by Crippen LogP contribution is -2.24. The van der Waals surface area contributed by atoms with Gasteiger partial charge in [0, 0.05) is 16.9 Å². The van der Waals surface area contributed by atoms with Crippen molar-refractivity contribution in [1.29, 1.82) is 0 Å². The van der Waals surface area contributed by atoms with Gasteiger partial charge < -0.3 is 10.1 Å². The number of hydrogen-bond acceptors (Lipinski definition) is 2. The molecule has 2 atom stereocenters. The summed E-state index contributed by atoms with van der Waals surface area (Å²) in [6.45, 7) is 3.27. The normalized spacial score (nSPS) is 29.3. The van der Waals surface area contributed by atoms with Gasteiger partial charge in [-0.2, -0.15) is 0 Å². The van der Waals surface area contributed by atoms with E-state index < -0.39 is 0 Å². The van der Waals surface area contributed by atoms with Gasteiger partial charge in [-0.05, 0) is 61.4 Å². The Morgan fingerprint density at radius 2 is 2.32 bits per heavy atom. The monoisotopic (exact) mass is 323 g/mol. The Morgan fingerprint density at radius 3 is 3.05 bits per heavy atom. The summed E-state index contributed by atoms with van der Waals surface area (Å²) in [6, 6.07) is 5.15. The molecular weight excluding hydrogens is 302 g/mol. The van der Waals surface area contributed by atoms with E-state index in [0.29, 0.717) is 11.5 Å². The lowest BCUT2D eigenvalue weighted by molar-refractivity contribution is 0.310. The summed E-state index contributed by atoms with van der Waals surface area (Å²) in [5.74, 6) is 1.16. The van der Waals surface area contributed by atoms with Crippen LogP contribution in [0.15, 0.2) is 16.6 Å². The maximum atomic E-state index is 5.86. The number of fused-ring (bicyclic) bond motifs is 1. The molecule has 19 heavy (non-hydrogen) atoms. The molecule has 0 amide bonds. The number of benzene rings is 1. The van der Waals surface area contributed by atoms with Crippen LogP contribution in [-0.2, 0) is 12.8 Å². The van der Waals surface area contributed by atoms with Crippen LogP contribution in [0.5, 0.6) is 5.75 Å². The molecule has 2 unspecified atom stereocenters. The summed E-state index contributed by atoms with van der Waals surface area (Å²) in [5.41, 5.74) is 3.17. The lowest BCUT2D eigenvalue weighted by Gasteiger charge is -2.25. The van der Waals surface area contributed by atoms with Crippen LogP contribution in [0, 0.1) is 5.41 Å². The minimum Gasteiger partial charge on any atom is -0.493 e. The van der Waals surface area contributed by atoms with Crippen molar-refractivity contribution < 1.29 is 4.74 Å². The van der Waals surface area contributed by atoms with E-state index >= 15 is 0 Å². The van der Waals surface area contributed by atoms with E-state index in [9.17, 15) is 0 Å². The van der Waals surface area contributed by atoms with Gasteiger partial charge in [-0.25, -0.2) is 0 Å². The minimum atomic E-state index is 0.411. The highest BCUT2D eigenvalue weighted by molar-refractivity contribution is 9.10. The quantitative estimate of drug-likeness (QED) is 0.915. The number of hydrogen-bond donors (Lipinski definition) is 1. The molecule has 1 fully saturated rings. The first-order chi connectivity index (χ1) is 9.09.